The van der Waals surface area contributed by atoms with Crippen molar-refractivity contribution in [1.82, 2.24) is 9.97 Å². The minimum atomic E-state index is 0.536. The summed E-state index contributed by atoms with van der Waals surface area (Å²) in [4.78, 5) is 8.16. The van der Waals surface area contributed by atoms with Gasteiger partial charge < -0.3 is 0 Å². The smallest absolute Gasteiger partial charge is 0.131 e. The first-order valence-corrected chi connectivity index (χ1v) is 3.62. The van der Waals surface area contributed by atoms with Crippen LogP contribution in [0.5, 0.6) is 0 Å². The molecule has 1 heterocycles. The highest BCUT2D eigenvalue weighted by Crippen LogP contribution is 2.37. The Morgan fingerprint density at radius 1 is 1.36 bits per heavy atom. The Kier molecular flexibility index (Phi) is 1.32. The highest BCUT2D eigenvalue weighted by molar-refractivity contribution is 5.22. The van der Waals surface area contributed by atoms with Gasteiger partial charge in [0.1, 0.15) is 11.9 Å². The summed E-state index contributed by atoms with van der Waals surface area (Å²) < 4.78 is 0. The molecule has 0 radical (unpaired) electrons. The maximum Gasteiger partial charge on any atom is 0.131 e. The van der Waals surface area contributed by atoms with Gasteiger partial charge in [-0.15, -0.1) is 0 Å². The lowest BCUT2D eigenvalue weighted by atomic mass is 10.3. The van der Waals surface area contributed by atoms with Gasteiger partial charge in [0, 0.05) is 18.3 Å². The van der Waals surface area contributed by atoms with E-state index in [-0.39, 0.29) is 0 Å². The number of nitriles is 1. The lowest BCUT2D eigenvalue weighted by molar-refractivity contribution is 0.923. The number of nitrogens with zero attached hydrogens (tertiary/aromatic N) is 3. The van der Waals surface area contributed by atoms with Crippen LogP contribution in [0.15, 0.2) is 12.4 Å². The molecule has 1 aliphatic carbocycles. The molecule has 0 aliphatic heterocycles. The lowest BCUT2D eigenvalue weighted by Gasteiger charge is -1.92. The molecule has 1 aromatic heterocycles. The summed E-state index contributed by atoms with van der Waals surface area (Å²) in [6.45, 7) is 0. The van der Waals surface area contributed by atoms with Crippen LogP contribution in [0.1, 0.15) is 30.1 Å². The molecular formula is C8H7N3. The third-order valence-electron chi connectivity index (χ3n) is 1.74. The summed E-state index contributed by atoms with van der Waals surface area (Å²) in [7, 11) is 0. The Morgan fingerprint density at radius 2 is 2.00 bits per heavy atom. The third-order valence-corrected chi connectivity index (χ3v) is 1.74. The van der Waals surface area contributed by atoms with Crippen LogP contribution in [-0.2, 0) is 0 Å². The van der Waals surface area contributed by atoms with E-state index in [0.29, 0.717) is 11.5 Å². The third kappa shape index (κ3) is 1.20. The molecular weight excluding hydrogens is 138 g/mol. The zero-order valence-corrected chi connectivity index (χ0v) is 5.99. The van der Waals surface area contributed by atoms with Crippen LogP contribution in [0.25, 0.3) is 0 Å². The van der Waals surface area contributed by atoms with E-state index in [2.05, 4.69) is 9.97 Å². The Bertz CT molecular complexity index is 292. The van der Waals surface area contributed by atoms with Crippen LogP contribution in [-0.4, -0.2) is 9.97 Å². The van der Waals surface area contributed by atoms with Gasteiger partial charge in [-0.25, -0.2) is 9.97 Å². The quantitative estimate of drug-likeness (QED) is 0.597. The molecule has 0 amide bonds. The summed E-state index contributed by atoms with van der Waals surface area (Å²) in [5.74, 6) is 1.46. The molecule has 1 fully saturated rings. The van der Waals surface area contributed by atoms with E-state index in [4.69, 9.17) is 5.26 Å². The number of hydrogen-bond acceptors (Lipinski definition) is 3. The van der Waals surface area contributed by atoms with E-state index in [0.717, 1.165) is 5.82 Å². The van der Waals surface area contributed by atoms with Gasteiger partial charge in [0.15, 0.2) is 0 Å². The molecule has 1 aliphatic rings. The van der Waals surface area contributed by atoms with Crippen molar-refractivity contribution < 1.29 is 0 Å². The molecule has 2 rings (SSSR count). The Labute approximate surface area is 64.7 Å². The van der Waals surface area contributed by atoms with Crippen molar-refractivity contribution in [2.24, 2.45) is 0 Å². The zero-order chi connectivity index (χ0) is 7.68. The van der Waals surface area contributed by atoms with Gasteiger partial charge in [0.2, 0.25) is 0 Å². The molecule has 11 heavy (non-hydrogen) atoms. The Balaban J connectivity index is 2.27. The maximum atomic E-state index is 8.45. The van der Waals surface area contributed by atoms with Crippen molar-refractivity contribution in [3.8, 4) is 6.07 Å². The first-order chi connectivity index (χ1) is 5.40. The first kappa shape index (κ1) is 6.29. The summed E-state index contributed by atoms with van der Waals surface area (Å²) in [5.41, 5.74) is 0.536. The number of rotatable bonds is 1. The standard InChI is InChI=1S/C8H7N3/c9-3-6-4-10-8(11-5-6)7-1-2-7/h4-5,7H,1-2H2. The fourth-order valence-electron chi connectivity index (χ4n) is 0.948. The van der Waals surface area contributed by atoms with Crippen molar-refractivity contribution in [1.29, 1.82) is 5.26 Å². The average molecular weight is 145 g/mol. The SMILES string of the molecule is N#Cc1cnc(C2CC2)nc1. The molecule has 3 heteroatoms. The highest BCUT2D eigenvalue weighted by atomic mass is 14.9. The predicted octanol–water partition coefficient (Wildman–Crippen LogP) is 1.23. The molecule has 0 saturated heterocycles. The normalized spacial score (nSPS) is 15.9. The zero-order valence-electron chi connectivity index (χ0n) is 5.99. The summed E-state index contributed by atoms with van der Waals surface area (Å²) in [5, 5.41) is 8.45. The van der Waals surface area contributed by atoms with Crippen molar-refractivity contribution in [2.45, 2.75) is 18.8 Å². The van der Waals surface area contributed by atoms with Crippen LogP contribution >= 0.6 is 0 Å². The van der Waals surface area contributed by atoms with E-state index in [9.17, 15) is 0 Å². The van der Waals surface area contributed by atoms with Crippen molar-refractivity contribution >= 4 is 0 Å². The second kappa shape index (κ2) is 2.31. The number of aromatic nitrogens is 2. The average Bonchev–Trinajstić information content (AvgIpc) is 2.87. The van der Waals surface area contributed by atoms with E-state index in [1.54, 1.807) is 12.4 Å². The minimum Gasteiger partial charge on any atom is -0.240 e. The second-order valence-corrected chi connectivity index (χ2v) is 2.72. The largest absolute Gasteiger partial charge is 0.240 e. The van der Waals surface area contributed by atoms with Crippen molar-refractivity contribution in [3.63, 3.8) is 0 Å². The fraction of sp³-hybridized carbons (Fsp3) is 0.375. The van der Waals surface area contributed by atoms with Crippen LogP contribution < -0.4 is 0 Å². The van der Waals surface area contributed by atoms with E-state index < -0.39 is 0 Å². The van der Waals surface area contributed by atoms with Gasteiger partial charge in [-0.05, 0) is 12.8 Å². The maximum absolute atomic E-state index is 8.45. The van der Waals surface area contributed by atoms with Gasteiger partial charge in [-0.3, -0.25) is 0 Å². The molecule has 0 spiro atoms. The Morgan fingerprint density at radius 3 is 2.45 bits per heavy atom. The molecule has 1 aromatic rings. The van der Waals surface area contributed by atoms with E-state index >= 15 is 0 Å². The van der Waals surface area contributed by atoms with Gasteiger partial charge >= 0.3 is 0 Å². The van der Waals surface area contributed by atoms with Gasteiger partial charge in [-0.1, -0.05) is 0 Å². The monoisotopic (exact) mass is 145 g/mol. The highest BCUT2D eigenvalue weighted by Gasteiger charge is 2.25. The van der Waals surface area contributed by atoms with Crippen LogP contribution in [0.2, 0.25) is 0 Å². The second-order valence-electron chi connectivity index (χ2n) is 2.72. The molecule has 0 unspecified atom stereocenters. The fourth-order valence-corrected chi connectivity index (χ4v) is 0.948. The summed E-state index contributed by atoms with van der Waals surface area (Å²) >= 11 is 0. The molecule has 3 nitrogen and oxygen atoms in total. The molecule has 1 saturated carbocycles. The van der Waals surface area contributed by atoms with Gasteiger partial charge in [0.05, 0.1) is 5.56 Å². The first-order valence-electron chi connectivity index (χ1n) is 3.62. The van der Waals surface area contributed by atoms with E-state index in [1.807, 2.05) is 6.07 Å². The molecule has 54 valence electrons. The van der Waals surface area contributed by atoms with Gasteiger partial charge in [-0.2, -0.15) is 5.26 Å². The van der Waals surface area contributed by atoms with Crippen LogP contribution in [0.4, 0.5) is 0 Å². The molecule has 0 atom stereocenters. The number of hydrogen-bond donors (Lipinski definition) is 0. The summed E-state index contributed by atoms with van der Waals surface area (Å²) in [6.07, 6.45) is 5.57. The van der Waals surface area contributed by atoms with Gasteiger partial charge in [0.25, 0.3) is 0 Å². The van der Waals surface area contributed by atoms with Crippen molar-refractivity contribution in [2.75, 3.05) is 0 Å². The predicted molar refractivity (Wildman–Crippen MR) is 38.7 cm³/mol. The topological polar surface area (TPSA) is 49.6 Å². The molecule has 0 aromatic carbocycles. The lowest BCUT2D eigenvalue weighted by Crippen LogP contribution is -1.91. The van der Waals surface area contributed by atoms with Crippen LogP contribution in [0, 0.1) is 11.3 Å². The Hall–Kier alpha value is -1.43. The summed E-state index contributed by atoms with van der Waals surface area (Å²) in [6, 6.07) is 1.99. The minimum absolute atomic E-state index is 0.536. The van der Waals surface area contributed by atoms with Crippen LogP contribution in [0.3, 0.4) is 0 Å². The molecule has 0 N–H and O–H groups in total. The molecule has 0 bridgehead atoms. The van der Waals surface area contributed by atoms with E-state index in [1.165, 1.54) is 12.8 Å². The van der Waals surface area contributed by atoms with Crippen molar-refractivity contribution in [3.05, 3.63) is 23.8 Å².